The van der Waals surface area contributed by atoms with Crippen LogP contribution < -0.4 is 4.74 Å². The summed E-state index contributed by atoms with van der Waals surface area (Å²) in [7, 11) is 0. The number of benzene rings is 1. The molecule has 0 atom stereocenters. The number of ether oxygens (including phenoxy) is 1. The molecule has 0 fully saturated rings. The number of rotatable bonds is 5. The SMILES string of the molecule is Cc1c(Cl)cccc1OCc1ccc(C=Nn2c(C)n[nH]c2=S)o1. The van der Waals surface area contributed by atoms with Crippen molar-refractivity contribution in [1.29, 1.82) is 0 Å². The molecule has 0 saturated heterocycles. The van der Waals surface area contributed by atoms with Gasteiger partial charge in [-0.1, -0.05) is 17.7 Å². The Hall–Kier alpha value is -2.38. The first kappa shape index (κ1) is 16.5. The van der Waals surface area contributed by atoms with Crippen molar-refractivity contribution in [2.45, 2.75) is 20.5 Å². The number of aromatic nitrogens is 3. The lowest BCUT2D eigenvalue weighted by Crippen LogP contribution is -1.96. The lowest BCUT2D eigenvalue weighted by Gasteiger charge is -2.08. The van der Waals surface area contributed by atoms with Crippen LogP contribution in [-0.4, -0.2) is 21.1 Å². The van der Waals surface area contributed by atoms with E-state index in [1.165, 1.54) is 4.68 Å². The highest BCUT2D eigenvalue weighted by Crippen LogP contribution is 2.25. The van der Waals surface area contributed by atoms with Crippen LogP contribution in [-0.2, 0) is 6.61 Å². The molecule has 0 aliphatic carbocycles. The minimum Gasteiger partial charge on any atom is -0.485 e. The Kier molecular flexibility index (Phi) is 4.82. The van der Waals surface area contributed by atoms with Gasteiger partial charge in [-0.25, -0.2) is 0 Å². The van der Waals surface area contributed by atoms with Gasteiger partial charge in [0.15, 0.2) is 0 Å². The van der Waals surface area contributed by atoms with Gasteiger partial charge in [0.25, 0.3) is 0 Å². The van der Waals surface area contributed by atoms with Crippen LogP contribution >= 0.6 is 23.8 Å². The average Bonchev–Trinajstić information content (AvgIpc) is 3.14. The van der Waals surface area contributed by atoms with Gasteiger partial charge in [-0.15, -0.1) is 0 Å². The van der Waals surface area contributed by atoms with Gasteiger partial charge in [0, 0.05) is 10.6 Å². The van der Waals surface area contributed by atoms with Crippen molar-refractivity contribution in [1.82, 2.24) is 14.9 Å². The van der Waals surface area contributed by atoms with E-state index in [0.29, 0.717) is 33.7 Å². The van der Waals surface area contributed by atoms with Crippen LogP contribution in [0.4, 0.5) is 0 Å². The molecule has 3 aromatic rings. The predicted octanol–water partition coefficient (Wildman–Crippen LogP) is 4.27. The van der Waals surface area contributed by atoms with Gasteiger partial charge in [-0.2, -0.15) is 14.9 Å². The molecule has 2 heterocycles. The number of aryl methyl sites for hydroxylation is 1. The summed E-state index contributed by atoms with van der Waals surface area (Å²) in [6.45, 7) is 4.02. The Morgan fingerprint density at radius 3 is 2.96 bits per heavy atom. The highest BCUT2D eigenvalue weighted by molar-refractivity contribution is 7.71. The average molecular weight is 363 g/mol. The maximum Gasteiger partial charge on any atom is 0.216 e. The Morgan fingerprint density at radius 2 is 2.21 bits per heavy atom. The van der Waals surface area contributed by atoms with E-state index in [2.05, 4.69) is 15.3 Å². The maximum atomic E-state index is 6.08. The highest BCUT2D eigenvalue weighted by atomic mass is 35.5. The summed E-state index contributed by atoms with van der Waals surface area (Å²) >= 11 is 11.2. The number of furan rings is 1. The minimum atomic E-state index is 0.305. The van der Waals surface area contributed by atoms with Crippen molar-refractivity contribution >= 4 is 30.0 Å². The molecular formula is C16H15ClN4O2S. The molecule has 0 spiro atoms. The van der Waals surface area contributed by atoms with Gasteiger partial charge in [0.1, 0.15) is 29.7 Å². The van der Waals surface area contributed by atoms with Crippen LogP contribution in [0.2, 0.25) is 5.02 Å². The van der Waals surface area contributed by atoms with Gasteiger partial charge in [-0.3, -0.25) is 5.10 Å². The second kappa shape index (κ2) is 7.02. The quantitative estimate of drug-likeness (QED) is 0.543. The topological polar surface area (TPSA) is 68.3 Å². The number of hydrogen-bond donors (Lipinski definition) is 1. The molecule has 124 valence electrons. The summed E-state index contributed by atoms with van der Waals surface area (Å²) < 4.78 is 13.4. The molecule has 1 aromatic carbocycles. The monoisotopic (exact) mass is 362 g/mol. The third kappa shape index (κ3) is 3.58. The van der Waals surface area contributed by atoms with Crippen molar-refractivity contribution in [2.24, 2.45) is 5.10 Å². The standard InChI is InChI=1S/C16H15ClN4O2S/c1-10-14(17)4-3-5-15(10)22-9-13-7-6-12(23-13)8-18-21-11(2)19-20-16(21)24/h3-8H,9H2,1-2H3,(H,20,24). The molecule has 2 aromatic heterocycles. The minimum absolute atomic E-state index is 0.305. The van der Waals surface area contributed by atoms with E-state index in [9.17, 15) is 0 Å². The van der Waals surface area contributed by atoms with Crippen LogP contribution in [0.5, 0.6) is 5.75 Å². The molecule has 0 bridgehead atoms. The Morgan fingerprint density at radius 1 is 1.38 bits per heavy atom. The Balaban J connectivity index is 1.68. The number of hydrogen-bond acceptors (Lipinski definition) is 5. The van der Waals surface area contributed by atoms with E-state index in [1.807, 2.05) is 37.3 Å². The zero-order valence-corrected chi connectivity index (χ0v) is 14.7. The lowest BCUT2D eigenvalue weighted by molar-refractivity contribution is 0.268. The molecule has 24 heavy (non-hydrogen) atoms. The Labute approximate surface area is 148 Å². The fraction of sp³-hybridized carbons (Fsp3) is 0.188. The summed E-state index contributed by atoms with van der Waals surface area (Å²) in [5, 5.41) is 11.6. The van der Waals surface area contributed by atoms with Crippen LogP contribution in [0, 0.1) is 18.6 Å². The van der Waals surface area contributed by atoms with E-state index in [1.54, 1.807) is 13.1 Å². The first-order valence-corrected chi connectivity index (χ1v) is 7.98. The maximum absolute atomic E-state index is 6.08. The molecule has 0 unspecified atom stereocenters. The largest absolute Gasteiger partial charge is 0.485 e. The second-order valence-electron chi connectivity index (χ2n) is 5.09. The summed E-state index contributed by atoms with van der Waals surface area (Å²) in [6.07, 6.45) is 1.58. The normalized spacial score (nSPS) is 11.3. The zero-order chi connectivity index (χ0) is 17.1. The molecule has 8 heteroatoms. The molecular weight excluding hydrogens is 348 g/mol. The van der Waals surface area contributed by atoms with Crippen molar-refractivity contribution in [3.63, 3.8) is 0 Å². The van der Waals surface area contributed by atoms with Crippen molar-refractivity contribution in [2.75, 3.05) is 0 Å². The molecule has 0 aliphatic rings. The fourth-order valence-corrected chi connectivity index (χ4v) is 2.45. The molecule has 1 N–H and O–H groups in total. The van der Waals surface area contributed by atoms with Crippen molar-refractivity contribution in [3.05, 3.63) is 63.0 Å². The number of halogens is 1. The molecule has 6 nitrogen and oxygen atoms in total. The smallest absolute Gasteiger partial charge is 0.216 e. The first-order valence-electron chi connectivity index (χ1n) is 7.19. The number of nitrogens with one attached hydrogen (secondary N) is 1. The van der Waals surface area contributed by atoms with Gasteiger partial charge in [-0.05, 0) is 50.3 Å². The fourth-order valence-electron chi connectivity index (χ4n) is 2.06. The van der Waals surface area contributed by atoms with E-state index in [0.717, 1.165) is 11.3 Å². The van der Waals surface area contributed by atoms with E-state index < -0.39 is 0 Å². The van der Waals surface area contributed by atoms with E-state index in [-0.39, 0.29) is 0 Å². The summed E-state index contributed by atoms with van der Waals surface area (Å²) in [4.78, 5) is 0. The molecule has 0 radical (unpaired) electrons. The summed E-state index contributed by atoms with van der Waals surface area (Å²) in [5.41, 5.74) is 0.900. The van der Waals surface area contributed by atoms with Gasteiger partial charge >= 0.3 is 0 Å². The summed E-state index contributed by atoms with van der Waals surface area (Å²) in [6, 6.07) is 9.20. The van der Waals surface area contributed by atoms with Crippen LogP contribution in [0.1, 0.15) is 22.9 Å². The zero-order valence-electron chi connectivity index (χ0n) is 13.1. The lowest BCUT2D eigenvalue weighted by atomic mass is 10.2. The summed E-state index contributed by atoms with van der Waals surface area (Å²) in [5.74, 6) is 2.68. The third-order valence-corrected chi connectivity index (χ3v) is 4.06. The second-order valence-corrected chi connectivity index (χ2v) is 5.88. The predicted molar refractivity (Wildman–Crippen MR) is 94.4 cm³/mol. The first-order chi connectivity index (χ1) is 11.5. The van der Waals surface area contributed by atoms with Gasteiger partial charge in [0.05, 0.1) is 6.21 Å². The Bertz CT molecular complexity index is 942. The van der Waals surface area contributed by atoms with Gasteiger partial charge in [0.2, 0.25) is 4.77 Å². The van der Waals surface area contributed by atoms with Crippen LogP contribution in [0.15, 0.2) is 39.9 Å². The highest BCUT2D eigenvalue weighted by Gasteiger charge is 2.06. The van der Waals surface area contributed by atoms with Gasteiger partial charge < -0.3 is 9.15 Å². The molecule has 3 rings (SSSR count). The van der Waals surface area contributed by atoms with E-state index >= 15 is 0 Å². The van der Waals surface area contributed by atoms with Crippen LogP contribution in [0.3, 0.4) is 0 Å². The number of H-pyrrole nitrogens is 1. The number of aromatic amines is 1. The molecule has 0 amide bonds. The molecule has 0 saturated carbocycles. The molecule has 0 aliphatic heterocycles. The van der Waals surface area contributed by atoms with Crippen LogP contribution in [0.25, 0.3) is 0 Å². The van der Waals surface area contributed by atoms with Crippen molar-refractivity contribution in [3.8, 4) is 5.75 Å². The third-order valence-electron chi connectivity index (χ3n) is 3.38. The number of nitrogens with zero attached hydrogens (tertiary/aromatic N) is 3. The van der Waals surface area contributed by atoms with Crippen molar-refractivity contribution < 1.29 is 9.15 Å². The van der Waals surface area contributed by atoms with E-state index in [4.69, 9.17) is 33.0 Å².